The van der Waals surface area contributed by atoms with Crippen molar-refractivity contribution in [1.29, 1.82) is 0 Å². The summed E-state index contributed by atoms with van der Waals surface area (Å²) in [6, 6.07) is 11.0. The molecule has 0 saturated carbocycles. The van der Waals surface area contributed by atoms with E-state index in [1.165, 1.54) is 19.1 Å². The fraction of sp³-hybridized carbons (Fsp3) is 0.333. The molecule has 3 N–H and O–H groups in total. The van der Waals surface area contributed by atoms with Gasteiger partial charge in [-0.15, -0.1) is 0 Å². The van der Waals surface area contributed by atoms with Crippen molar-refractivity contribution < 1.29 is 17.6 Å². The monoisotopic (exact) mass is 432 g/mol. The number of imidazole rings is 1. The molecule has 2 unspecified atom stereocenters. The maximum absolute atomic E-state index is 13.9. The van der Waals surface area contributed by atoms with Gasteiger partial charge in [-0.1, -0.05) is 44.5 Å². The first-order valence-electron chi connectivity index (χ1n) is 9.74. The van der Waals surface area contributed by atoms with Crippen molar-refractivity contribution in [2.45, 2.75) is 44.2 Å². The lowest BCUT2D eigenvalue weighted by atomic mass is 9.98. The number of carbonyl (C=O) groups is 1. The molecule has 3 aromatic rings. The van der Waals surface area contributed by atoms with Crippen LogP contribution in [0.4, 0.5) is 4.39 Å². The summed E-state index contributed by atoms with van der Waals surface area (Å²) in [6.45, 7) is 5.39. The third-order valence-electron chi connectivity index (χ3n) is 5.06. The quantitative estimate of drug-likeness (QED) is 0.508. The number of hydrogen-bond acceptors (Lipinski definition) is 4. The number of nitrogens with zero attached hydrogens (tertiary/aromatic N) is 1. The minimum Gasteiger partial charge on any atom is -0.345 e. The second-order valence-corrected chi connectivity index (χ2v) is 8.97. The highest BCUT2D eigenvalue weighted by molar-refractivity contribution is 7.89. The predicted molar refractivity (Wildman–Crippen MR) is 113 cm³/mol. The van der Waals surface area contributed by atoms with Crippen LogP contribution in [0.5, 0.6) is 0 Å². The van der Waals surface area contributed by atoms with Crippen LogP contribution in [-0.2, 0) is 14.8 Å². The number of aromatic nitrogens is 2. The molecule has 0 radical (unpaired) electrons. The molecule has 0 spiro atoms. The van der Waals surface area contributed by atoms with Crippen LogP contribution in [0.1, 0.15) is 39.1 Å². The summed E-state index contributed by atoms with van der Waals surface area (Å²) in [7, 11) is -4.19. The molecule has 0 saturated heterocycles. The summed E-state index contributed by atoms with van der Waals surface area (Å²) in [5.41, 5.74) is 1.63. The molecule has 1 aromatic heterocycles. The Kier molecular flexibility index (Phi) is 6.52. The van der Waals surface area contributed by atoms with Gasteiger partial charge in [0.15, 0.2) is 0 Å². The van der Waals surface area contributed by atoms with E-state index in [9.17, 15) is 17.6 Å². The Balaban J connectivity index is 1.79. The molecular formula is C21H25FN4O3S. The zero-order valence-corrected chi connectivity index (χ0v) is 17.8. The minimum atomic E-state index is -4.19. The van der Waals surface area contributed by atoms with E-state index in [2.05, 4.69) is 20.0 Å². The van der Waals surface area contributed by atoms with Crippen molar-refractivity contribution in [1.82, 2.24) is 20.0 Å². The number of rotatable bonds is 8. The number of benzene rings is 2. The molecular weight excluding hydrogens is 407 g/mol. The molecule has 0 aliphatic heterocycles. The maximum atomic E-state index is 13.9. The highest BCUT2D eigenvalue weighted by Gasteiger charge is 2.29. The molecule has 3 rings (SSSR count). The third-order valence-corrected chi connectivity index (χ3v) is 6.64. The molecule has 9 heteroatoms. The molecule has 7 nitrogen and oxygen atoms in total. The Morgan fingerprint density at radius 2 is 1.80 bits per heavy atom. The molecule has 1 heterocycles. The largest absolute Gasteiger partial charge is 0.345 e. The lowest BCUT2D eigenvalue weighted by Crippen LogP contribution is -2.47. The summed E-state index contributed by atoms with van der Waals surface area (Å²) < 4.78 is 41.1. The molecule has 30 heavy (non-hydrogen) atoms. The molecule has 3 atom stereocenters. The number of H-pyrrole nitrogens is 1. The van der Waals surface area contributed by atoms with Gasteiger partial charge in [-0.25, -0.2) is 17.8 Å². The number of sulfonamides is 1. The first-order chi connectivity index (χ1) is 14.2. The van der Waals surface area contributed by atoms with Gasteiger partial charge in [0, 0.05) is 0 Å². The van der Waals surface area contributed by atoms with Gasteiger partial charge in [0.25, 0.3) is 0 Å². The highest BCUT2D eigenvalue weighted by Crippen LogP contribution is 2.25. The SMILES string of the molecule is CCC(C)C(NC(=O)[C@H](C)NS(=O)(=O)c1ccccc1F)c1nc2ccccc2[nH]1. The van der Waals surface area contributed by atoms with E-state index >= 15 is 0 Å². The van der Waals surface area contributed by atoms with Crippen LogP contribution in [-0.4, -0.2) is 30.3 Å². The van der Waals surface area contributed by atoms with Gasteiger partial charge in [-0.2, -0.15) is 4.72 Å². The summed E-state index contributed by atoms with van der Waals surface area (Å²) in [6.07, 6.45) is 0.775. The van der Waals surface area contributed by atoms with E-state index in [0.29, 0.717) is 5.82 Å². The first kappa shape index (κ1) is 21.9. The average Bonchev–Trinajstić information content (AvgIpc) is 3.14. The van der Waals surface area contributed by atoms with Crippen molar-refractivity contribution in [3.05, 3.63) is 60.2 Å². The highest BCUT2D eigenvalue weighted by atomic mass is 32.2. The van der Waals surface area contributed by atoms with Gasteiger partial charge >= 0.3 is 0 Å². The van der Waals surface area contributed by atoms with Crippen LogP contribution in [0, 0.1) is 11.7 Å². The van der Waals surface area contributed by atoms with Gasteiger partial charge in [-0.05, 0) is 37.1 Å². The van der Waals surface area contributed by atoms with E-state index in [0.717, 1.165) is 29.6 Å². The van der Waals surface area contributed by atoms with Gasteiger partial charge in [0.2, 0.25) is 15.9 Å². The number of nitrogens with one attached hydrogen (secondary N) is 3. The van der Waals surface area contributed by atoms with E-state index in [1.54, 1.807) is 0 Å². The molecule has 2 aromatic carbocycles. The average molecular weight is 433 g/mol. The Hall–Kier alpha value is -2.78. The fourth-order valence-electron chi connectivity index (χ4n) is 3.13. The van der Waals surface area contributed by atoms with Gasteiger partial charge in [0.1, 0.15) is 16.5 Å². The van der Waals surface area contributed by atoms with Gasteiger partial charge in [-0.3, -0.25) is 4.79 Å². The second kappa shape index (κ2) is 8.93. The summed E-state index contributed by atoms with van der Waals surface area (Å²) in [5.74, 6) is -0.758. The second-order valence-electron chi connectivity index (χ2n) is 7.28. The van der Waals surface area contributed by atoms with Crippen LogP contribution in [0.25, 0.3) is 11.0 Å². The maximum Gasteiger partial charge on any atom is 0.244 e. The summed E-state index contributed by atoms with van der Waals surface area (Å²) in [4.78, 5) is 20.1. The van der Waals surface area contributed by atoms with E-state index in [-0.39, 0.29) is 5.92 Å². The van der Waals surface area contributed by atoms with Crippen molar-refractivity contribution in [3.8, 4) is 0 Å². The molecule has 0 fully saturated rings. The van der Waals surface area contributed by atoms with Crippen molar-refractivity contribution in [2.75, 3.05) is 0 Å². The predicted octanol–water partition coefficient (Wildman–Crippen LogP) is 3.27. The minimum absolute atomic E-state index is 0.0462. The van der Waals surface area contributed by atoms with Crippen LogP contribution in [0.3, 0.4) is 0 Å². The lowest BCUT2D eigenvalue weighted by molar-refractivity contribution is -0.123. The van der Waals surface area contributed by atoms with E-state index in [4.69, 9.17) is 0 Å². The number of hydrogen-bond donors (Lipinski definition) is 3. The Morgan fingerprint density at radius 1 is 1.13 bits per heavy atom. The molecule has 160 valence electrons. The number of halogens is 1. The van der Waals surface area contributed by atoms with E-state index < -0.39 is 38.7 Å². The fourth-order valence-corrected chi connectivity index (χ4v) is 4.41. The van der Waals surface area contributed by atoms with Crippen LogP contribution in [0.15, 0.2) is 53.4 Å². The zero-order chi connectivity index (χ0) is 21.9. The van der Waals surface area contributed by atoms with Gasteiger partial charge in [0.05, 0.1) is 23.1 Å². The van der Waals surface area contributed by atoms with Crippen molar-refractivity contribution in [2.24, 2.45) is 5.92 Å². The number of amides is 1. The Bertz CT molecular complexity index is 1110. The third kappa shape index (κ3) is 4.68. The normalized spacial score (nSPS) is 14.9. The van der Waals surface area contributed by atoms with Gasteiger partial charge < -0.3 is 10.3 Å². The number of para-hydroxylation sites is 2. The van der Waals surface area contributed by atoms with Crippen molar-refractivity contribution >= 4 is 27.0 Å². The topological polar surface area (TPSA) is 104 Å². The Morgan fingerprint density at radius 3 is 2.47 bits per heavy atom. The first-order valence-corrected chi connectivity index (χ1v) is 11.2. The standard InChI is InChI=1S/C21H25FN4O3S/c1-4-13(2)19(20-23-16-10-6-7-11-17(16)24-20)25-21(27)14(3)26-30(28,29)18-12-8-5-9-15(18)22/h5-14,19,26H,4H2,1-3H3,(H,23,24)(H,25,27)/t13?,14-,19?/m0/s1. The number of aromatic amines is 1. The smallest absolute Gasteiger partial charge is 0.244 e. The summed E-state index contributed by atoms with van der Waals surface area (Å²) >= 11 is 0. The number of carbonyl (C=O) groups excluding carboxylic acids is 1. The molecule has 1 amide bonds. The Labute approximate surface area is 175 Å². The lowest BCUT2D eigenvalue weighted by Gasteiger charge is -2.24. The van der Waals surface area contributed by atoms with E-state index in [1.807, 2.05) is 38.1 Å². The molecule has 0 bridgehead atoms. The number of fused-ring (bicyclic) bond motifs is 1. The van der Waals surface area contributed by atoms with Crippen LogP contribution >= 0.6 is 0 Å². The van der Waals surface area contributed by atoms with Crippen LogP contribution in [0.2, 0.25) is 0 Å². The molecule has 0 aliphatic rings. The molecule has 0 aliphatic carbocycles. The van der Waals surface area contributed by atoms with Crippen molar-refractivity contribution in [3.63, 3.8) is 0 Å². The summed E-state index contributed by atoms with van der Waals surface area (Å²) in [5, 5.41) is 2.88. The zero-order valence-electron chi connectivity index (χ0n) is 17.0. The van der Waals surface area contributed by atoms with Crippen LogP contribution < -0.4 is 10.0 Å².